The second kappa shape index (κ2) is 9.65. The highest BCUT2D eigenvalue weighted by Crippen LogP contribution is 2.36. The number of fused-ring (bicyclic) bond motifs is 4. The number of hydrogen-bond acceptors (Lipinski definition) is 4. The molecule has 0 spiro atoms. The average Bonchev–Trinajstić information content (AvgIpc) is 2.94. The van der Waals surface area contributed by atoms with E-state index in [0.29, 0.717) is 37.4 Å². The summed E-state index contributed by atoms with van der Waals surface area (Å²) >= 11 is 0. The number of pyridine rings is 2. The molecule has 1 amide bonds. The number of benzene rings is 2. The van der Waals surface area contributed by atoms with Gasteiger partial charge in [0.1, 0.15) is 11.5 Å². The van der Waals surface area contributed by atoms with Crippen molar-refractivity contribution in [3.63, 3.8) is 0 Å². The van der Waals surface area contributed by atoms with Gasteiger partial charge in [-0.25, -0.2) is 4.39 Å². The Hall–Kier alpha value is -4.26. The van der Waals surface area contributed by atoms with E-state index in [0.717, 1.165) is 28.9 Å². The molecule has 0 unspecified atom stereocenters. The summed E-state index contributed by atoms with van der Waals surface area (Å²) in [5.74, 6) is -0.121. The van der Waals surface area contributed by atoms with Crippen molar-refractivity contribution in [3.8, 4) is 11.3 Å². The van der Waals surface area contributed by atoms with Gasteiger partial charge >= 0.3 is 0 Å². The van der Waals surface area contributed by atoms with Crippen LogP contribution in [0.15, 0.2) is 89.9 Å². The molecular formula is C30H27FN4O2. The van der Waals surface area contributed by atoms with Crippen molar-refractivity contribution in [2.45, 2.75) is 25.4 Å². The van der Waals surface area contributed by atoms with E-state index < -0.39 is 0 Å². The predicted molar refractivity (Wildman–Crippen MR) is 141 cm³/mol. The fraction of sp³-hybridized carbons (Fsp3) is 0.233. The Morgan fingerprint density at radius 3 is 2.51 bits per heavy atom. The van der Waals surface area contributed by atoms with Crippen LogP contribution in [0.5, 0.6) is 0 Å². The number of rotatable bonds is 5. The van der Waals surface area contributed by atoms with E-state index in [1.165, 1.54) is 24.3 Å². The molecule has 2 aromatic carbocycles. The van der Waals surface area contributed by atoms with Gasteiger partial charge in [0.2, 0.25) is 0 Å². The second-order valence-electron chi connectivity index (χ2n) is 9.87. The summed E-state index contributed by atoms with van der Waals surface area (Å²) in [5.41, 5.74) is 5.09. The quantitative estimate of drug-likeness (QED) is 0.428. The lowest BCUT2D eigenvalue weighted by Gasteiger charge is -2.43. The number of likely N-dealkylation sites (tertiary alicyclic amines) is 1. The monoisotopic (exact) mass is 494 g/mol. The van der Waals surface area contributed by atoms with Gasteiger partial charge in [0, 0.05) is 55.1 Å². The molecular weight excluding hydrogens is 467 g/mol. The predicted octanol–water partition coefficient (Wildman–Crippen LogP) is 4.92. The number of nitrogens with one attached hydrogen (secondary N) is 1. The third-order valence-electron chi connectivity index (χ3n) is 7.38. The summed E-state index contributed by atoms with van der Waals surface area (Å²) in [4.78, 5) is 32.6. The standard InChI is InChI=1S/C30H27FN4O2/c31-25-10-8-23(9-11-25)29(36)34-17-21-15-24(19-34)28-13-12-27(30(37)35(28)18-21)33-16-20-4-6-22(7-5-20)26-3-1-2-14-32-26/h1-14,21,24,33H,15-19H2/t21-,24-/m1/s1. The van der Waals surface area contributed by atoms with Crippen molar-refractivity contribution in [3.05, 3.63) is 118 Å². The van der Waals surface area contributed by atoms with Crippen LogP contribution >= 0.6 is 0 Å². The molecule has 2 aromatic heterocycles. The van der Waals surface area contributed by atoms with E-state index in [2.05, 4.69) is 10.3 Å². The molecule has 4 aromatic rings. The van der Waals surface area contributed by atoms with Crippen molar-refractivity contribution < 1.29 is 9.18 Å². The molecule has 186 valence electrons. The molecule has 0 radical (unpaired) electrons. The minimum atomic E-state index is -0.355. The van der Waals surface area contributed by atoms with Gasteiger partial charge in [-0.05, 0) is 66.4 Å². The lowest BCUT2D eigenvalue weighted by molar-refractivity contribution is 0.0594. The Morgan fingerprint density at radius 2 is 1.76 bits per heavy atom. The van der Waals surface area contributed by atoms with Gasteiger partial charge in [-0.1, -0.05) is 30.3 Å². The Bertz CT molecular complexity index is 1480. The number of aromatic nitrogens is 2. The Balaban J connectivity index is 1.15. The fourth-order valence-corrected chi connectivity index (χ4v) is 5.55. The summed E-state index contributed by atoms with van der Waals surface area (Å²) in [6, 6.07) is 23.6. The zero-order valence-electron chi connectivity index (χ0n) is 20.3. The first kappa shape index (κ1) is 23.2. The van der Waals surface area contributed by atoms with Crippen molar-refractivity contribution in [1.29, 1.82) is 0 Å². The zero-order valence-corrected chi connectivity index (χ0v) is 20.3. The van der Waals surface area contributed by atoms with Crippen LogP contribution in [0.1, 0.15) is 34.0 Å². The number of amides is 1. The number of carbonyl (C=O) groups is 1. The highest BCUT2D eigenvalue weighted by Gasteiger charge is 2.36. The van der Waals surface area contributed by atoms with E-state index in [9.17, 15) is 14.0 Å². The number of carbonyl (C=O) groups excluding carboxylic acids is 1. The van der Waals surface area contributed by atoms with Gasteiger partial charge in [-0.2, -0.15) is 0 Å². The molecule has 2 aliphatic heterocycles. The summed E-state index contributed by atoms with van der Waals surface area (Å²) in [7, 11) is 0. The first-order chi connectivity index (χ1) is 18.0. The Kier molecular flexibility index (Phi) is 6.04. The van der Waals surface area contributed by atoms with Crippen LogP contribution in [-0.2, 0) is 13.1 Å². The normalized spacial score (nSPS) is 18.2. The van der Waals surface area contributed by atoms with Crippen LogP contribution in [0, 0.1) is 11.7 Å². The maximum Gasteiger partial charge on any atom is 0.274 e. The molecule has 2 bridgehead atoms. The molecule has 4 heterocycles. The lowest BCUT2D eigenvalue weighted by Crippen LogP contribution is -2.49. The lowest BCUT2D eigenvalue weighted by atomic mass is 9.83. The van der Waals surface area contributed by atoms with Crippen molar-refractivity contribution in [2.75, 3.05) is 18.4 Å². The van der Waals surface area contributed by atoms with Crippen LogP contribution in [0.4, 0.5) is 10.1 Å². The molecule has 37 heavy (non-hydrogen) atoms. The van der Waals surface area contributed by atoms with Gasteiger partial charge in [0.05, 0.1) is 5.69 Å². The van der Waals surface area contributed by atoms with Crippen LogP contribution < -0.4 is 10.9 Å². The van der Waals surface area contributed by atoms with Crippen LogP contribution in [0.3, 0.4) is 0 Å². The van der Waals surface area contributed by atoms with Gasteiger partial charge in [-0.3, -0.25) is 14.6 Å². The van der Waals surface area contributed by atoms with Crippen molar-refractivity contribution in [2.24, 2.45) is 5.92 Å². The summed E-state index contributed by atoms with van der Waals surface area (Å²) in [6.07, 6.45) is 2.74. The summed E-state index contributed by atoms with van der Waals surface area (Å²) in [5, 5.41) is 3.31. The minimum absolute atomic E-state index is 0.0179. The van der Waals surface area contributed by atoms with Crippen LogP contribution in [0.2, 0.25) is 0 Å². The molecule has 2 aliphatic rings. The molecule has 1 saturated heterocycles. The van der Waals surface area contributed by atoms with Gasteiger partial charge < -0.3 is 14.8 Å². The topological polar surface area (TPSA) is 67.2 Å². The fourth-order valence-electron chi connectivity index (χ4n) is 5.55. The Labute approximate surface area is 214 Å². The first-order valence-electron chi connectivity index (χ1n) is 12.6. The zero-order chi connectivity index (χ0) is 25.4. The first-order valence-corrected chi connectivity index (χ1v) is 12.6. The smallest absolute Gasteiger partial charge is 0.274 e. The number of hydrogen-bond donors (Lipinski definition) is 1. The van der Waals surface area contributed by atoms with E-state index in [1.807, 2.05) is 64.1 Å². The highest BCUT2D eigenvalue weighted by atomic mass is 19.1. The van der Waals surface area contributed by atoms with E-state index in [4.69, 9.17) is 0 Å². The SMILES string of the molecule is O=C(c1ccc(F)cc1)N1C[C@H]2C[C@H](C1)c1ccc(NCc3ccc(-c4ccccn4)cc3)c(=O)n1C2. The van der Waals surface area contributed by atoms with Crippen LogP contribution in [0.25, 0.3) is 11.3 Å². The third kappa shape index (κ3) is 4.65. The molecule has 6 nitrogen and oxygen atoms in total. The molecule has 0 saturated carbocycles. The highest BCUT2D eigenvalue weighted by molar-refractivity contribution is 5.94. The molecule has 7 heteroatoms. The second-order valence-corrected chi connectivity index (χ2v) is 9.87. The minimum Gasteiger partial charge on any atom is -0.377 e. The molecule has 0 aliphatic carbocycles. The van der Waals surface area contributed by atoms with Gasteiger partial charge in [0.25, 0.3) is 11.5 Å². The van der Waals surface area contributed by atoms with Crippen molar-refractivity contribution in [1.82, 2.24) is 14.5 Å². The number of anilines is 1. The maximum absolute atomic E-state index is 13.4. The number of halogens is 1. The summed E-state index contributed by atoms with van der Waals surface area (Å²) < 4.78 is 15.2. The van der Waals surface area contributed by atoms with Crippen molar-refractivity contribution >= 4 is 11.6 Å². The third-order valence-corrected chi connectivity index (χ3v) is 7.38. The van der Waals surface area contributed by atoms with E-state index in [1.54, 1.807) is 6.20 Å². The number of nitrogens with zero attached hydrogens (tertiary/aromatic N) is 3. The van der Waals surface area contributed by atoms with Crippen LogP contribution in [-0.4, -0.2) is 33.4 Å². The number of piperidine rings is 1. The Morgan fingerprint density at radius 1 is 0.946 bits per heavy atom. The van der Waals surface area contributed by atoms with Gasteiger partial charge in [0.15, 0.2) is 0 Å². The largest absolute Gasteiger partial charge is 0.377 e. The molecule has 2 atom stereocenters. The summed E-state index contributed by atoms with van der Waals surface area (Å²) in [6.45, 7) is 2.29. The average molecular weight is 495 g/mol. The molecule has 1 fully saturated rings. The van der Waals surface area contributed by atoms with E-state index in [-0.39, 0.29) is 29.1 Å². The maximum atomic E-state index is 13.4. The molecule has 1 N–H and O–H groups in total. The molecule has 6 rings (SSSR count). The van der Waals surface area contributed by atoms with Gasteiger partial charge in [-0.15, -0.1) is 0 Å². The van der Waals surface area contributed by atoms with E-state index >= 15 is 0 Å².